The van der Waals surface area contributed by atoms with Crippen LogP contribution in [-0.4, -0.2) is 30.0 Å². The van der Waals surface area contributed by atoms with Crippen LogP contribution in [0.1, 0.15) is 23.4 Å². The van der Waals surface area contributed by atoms with Gasteiger partial charge in [-0.2, -0.15) is 0 Å². The van der Waals surface area contributed by atoms with Crippen molar-refractivity contribution in [3.8, 4) is 5.75 Å². The highest BCUT2D eigenvalue weighted by Gasteiger charge is 2.09. The maximum absolute atomic E-state index is 11.8. The van der Waals surface area contributed by atoms with E-state index in [0.29, 0.717) is 18.9 Å². The van der Waals surface area contributed by atoms with Crippen molar-refractivity contribution in [3.05, 3.63) is 47.3 Å². The van der Waals surface area contributed by atoms with Gasteiger partial charge in [-0.3, -0.25) is 4.79 Å². The van der Waals surface area contributed by atoms with E-state index in [2.05, 4.69) is 10.5 Å². The second-order valence-corrected chi connectivity index (χ2v) is 6.15. The number of aromatic nitrogens is 1. The summed E-state index contributed by atoms with van der Waals surface area (Å²) in [6, 6.07) is 9.67. The number of hydrogen-bond donors (Lipinski definition) is 1. The van der Waals surface area contributed by atoms with Crippen LogP contribution in [0.5, 0.6) is 5.75 Å². The van der Waals surface area contributed by atoms with Gasteiger partial charge in [0.25, 0.3) is 0 Å². The number of rotatable bonds is 9. The van der Waals surface area contributed by atoms with Crippen LogP contribution in [0.2, 0.25) is 0 Å². The molecule has 0 atom stereocenters. The summed E-state index contributed by atoms with van der Waals surface area (Å²) in [7, 11) is 0. The third-order valence-corrected chi connectivity index (χ3v) is 4.28. The Balaban J connectivity index is 1.53. The third kappa shape index (κ3) is 5.98. The standard InChI is InChI=1S/C17H22N2O3S/c1-13-16(14(2)22-19-13)11-23-12-17(20)18-9-6-10-21-15-7-4-3-5-8-15/h3-5,7-8H,6,9-12H2,1-2H3,(H,18,20). The largest absolute Gasteiger partial charge is 0.494 e. The fraction of sp³-hybridized carbons (Fsp3) is 0.412. The lowest BCUT2D eigenvalue weighted by Crippen LogP contribution is -2.27. The molecule has 0 spiro atoms. The van der Waals surface area contributed by atoms with Gasteiger partial charge in [0.15, 0.2) is 0 Å². The zero-order chi connectivity index (χ0) is 16.5. The molecular weight excluding hydrogens is 312 g/mol. The van der Waals surface area contributed by atoms with Gasteiger partial charge in [-0.15, -0.1) is 11.8 Å². The molecule has 0 saturated carbocycles. The average Bonchev–Trinajstić information content (AvgIpc) is 2.87. The van der Waals surface area contributed by atoms with Crippen molar-refractivity contribution in [2.75, 3.05) is 18.9 Å². The molecule has 0 aliphatic heterocycles. The van der Waals surface area contributed by atoms with Gasteiger partial charge in [0.1, 0.15) is 11.5 Å². The Bertz CT molecular complexity index is 594. The van der Waals surface area contributed by atoms with Crippen molar-refractivity contribution < 1.29 is 14.1 Å². The second-order valence-electron chi connectivity index (χ2n) is 5.16. The number of ether oxygens (including phenoxy) is 1. The summed E-state index contributed by atoms with van der Waals surface area (Å²) in [5.74, 6) is 2.90. The summed E-state index contributed by atoms with van der Waals surface area (Å²) in [6.07, 6.45) is 0.787. The summed E-state index contributed by atoms with van der Waals surface area (Å²) in [5, 5.41) is 6.81. The molecule has 1 heterocycles. The fourth-order valence-electron chi connectivity index (χ4n) is 2.01. The van der Waals surface area contributed by atoms with E-state index in [0.717, 1.165) is 34.9 Å². The lowest BCUT2D eigenvalue weighted by atomic mass is 10.2. The summed E-state index contributed by atoms with van der Waals surface area (Å²) >= 11 is 1.56. The average molecular weight is 334 g/mol. The van der Waals surface area contributed by atoms with Gasteiger partial charge in [0.2, 0.25) is 5.91 Å². The minimum atomic E-state index is 0.0430. The van der Waals surface area contributed by atoms with Crippen LogP contribution < -0.4 is 10.1 Å². The van der Waals surface area contributed by atoms with Crippen molar-refractivity contribution >= 4 is 17.7 Å². The van der Waals surface area contributed by atoms with Crippen LogP contribution in [0.25, 0.3) is 0 Å². The number of para-hydroxylation sites is 1. The molecule has 23 heavy (non-hydrogen) atoms. The van der Waals surface area contributed by atoms with Gasteiger partial charge >= 0.3 is 0 Å². The number of nitrogens with one attached hydrogen (secondary N) is 1. The van der Waals surface area contributed by atoms with Crippen molar-refractivity contribution in [2.45, 2.75) is 26.0 Å². The lowest BCUT2D eigenvalue weighted by molar-refractivity contribution is -0.118. The number of aryl methyl sites for hydroxylation is 2. The van der Waals surface area contributed by atoms with E-state index in [1.165, 1.54) is 0 Å². The van der Waals surface area contributed by atoms with Gasteiger partial charge in [0, 0.05) is 17.9 Å². The van der Waals surface area contributed by atoms with E-state index in [-0.39, 0.29) is 5.91 Å². The molecule has 1 N–H and O–H groups in total. The predicted molar refractivity (Wildman–Crippen MR) is 91.7 cm³/mol. The Morgan fingerprint density at radius 1 is 1.30 bits per heavy atom. The molecular formula is C17H22N2O3S. The van der Waals surface area contributed by atoms with Crippen LogP contribution in [0.15, 0.2) is 34.9 Å². The molecule has 0 unspecified atom stereocenters. The molecule has 0 bridgehead atoms. The highest BCUT2D eigenvalue weighted by Crippen LogP contribution is 2.19. The normalized spacial score (nSPS) is 10.5. The van der Waals surface area contributed by atoms with E-state index in [4.69, 9.17) is 9.26 Å². The Kier molecular flexibility index (Phi) is 7.00. The zero-order valence-electron chi connectivity index (χ0n) is 13.5. The highest BCUT2D eigenvalue weighted by molar-refractivity contribution is 7.99. The first kappa shape index (κ1) is 17.4. The second kappa shape index (κ2) is 9.25. The smallest absolute Gasteiger partial charge is 0.230 e. The van der Waals surface area contributed by atoms with E-state index in [1.807, 2.05) is 44.2 Å². The molecule has 6 heteroatoms. The van der Waals surface area contributed by atoms with Crippen LogP contribution in [0, 0.1) is 13.8 Å². The number of benzene rings is 1. The van der Waals surface area contributed by atoms with Gasteiger partial charge in [-0.05, 0) is 32.4 Å². The SMILES string of the molecule is Cc1noc(C)c1CSCC(=O)NCCCOc1ccccc1. The van der Waals surface area contributed by atoms with Gasteiger partial charge in [0.05, 0.1) is 18.1 Å². The number of thioether (sulfide) groups is 1. The molecule has 1 amide bonds. The maximum Gasteiger partial charge on any atom is 0.230 e. The summed E-state index contributed by atoms with van der Waals surface area (Å²) in [5.41, 5.74) is 1.98. The molecule has 0 aliphatic rings. The number of carbonyl (C=O) groups is 1. The van der Waals surface area contributed by atoms with Gasteiger partial charge < -0.3 is 14.6 Å². The van der Waals surface area contributed by atoms with Crippen molar-refractivity contribution in [1.29, 1.82) is 0 Å². The van der Waals surface area contributed by atoms with Crippen molar-refractivity contribution in [3.63, 3.8) is 0 Å². The predicted octanol–water partition coefficient (Wildman–Crippen LogP) is 3.11. The molecule has 2 rings (SSSR count). The first-order chi connectivity index (χ1) is 11.2. The van der Waals surface area contributed by atoms with Crippen LogP contribution in [0.3, 0.4) is 0 Å². The minimum absolute atomic E-state index is 0.0430. The Labute approximate surface area is 140 Å². The summed E-state index contributed by atoms with van der Waals surface area (Å²) in [4.78, 5) is 11.8. The van der Waals surface area contributed by atoms with Gasteiger partial charge in [-0.1, -0.05) is 23.4 Å². The number of hydrogen-bond acceptors (Lipinski definition) is 5. The quantitative estimate of drug-likeness (QED) is 0.714. The Morgan fingerprint density at radius 2 is 2.09 bits per heavy atom. The first-order valence-corrected chi connectivity index (χ1v) is 8.76. The third-order valence-electron chi connectivity index (χ3n) is 3.32. The number of amides is 1. The molecule has 1 aromatic carbocycles. The number of carbonyl (C=O) groups excluding carboxylic acids is 1. The highest BCUT2D eigenvalue weighted by atomic mass is 32.2. The van der Waals surface area contributed by atoms with E-state index in [9.17, 15) is 4.79 Å². The molecule has 0 saturated heterocycles. The Morgan fingerprint density at radius 3 is 2.78 bits per heavy atom. The van der Waals surface area contributed by atoms with E-state index < -0.39 is 0 Å². The van der Waals surface area contributed by atoms with Crippen LogP contribution in [-0.2, 0) is 10.5 Å². The zero-order valence-corrected chi connectivity index (χ0v) is 14.3. The van der Waals surface area contributed by atoms with E-state index >= 15 is 0 Å². The van der Waals surface area contributed by atoms with Gasteiger partial charge in [-0.25, -0.2) is 0 Å². The molecule has 2 aromatic rings. The molecule has 0 fully saturated rings. The van der Waals surface area contributed by atoms with Crippen molar-refractivity contribution in [2.24, 2.45) is 0 Å². The molecule has 0 aliphatic carbocycles. The van der Waals surface area contributed by atoms with Crippen LogP contribution in [0.4, 0.5) is 0 Å². The topological polar surface area (TPSA) is 64.4 Å². The van der Waals surface area contributed by atoms with Crippen molar-refractivity contribution in [1.82, 2.24) is 10.5 Å². The monoisotopic (exact) mass is 334 g/mol. The molecule has 1 aromatic heterocycles. The lowest BCUT2D eigenvalue weighted by Gasteiger charge is -2.07. The molecule has 0 radical (unpaired) electrons. The van der Waals surface area contributed by atoms with E-state index in [1.54, 1.807) is 11.8 Å². The Hall–Kier alpha value is -1.95. The first-order valence-electron chi connectivity index (χ1n) is 7.61. The minimum Gasteiger partial charge on any atom is -0.494 e. The fourth-order valence-corrected chi connectivity index (χ4v) is 3.02. The van der Waals surface area contributed by atoms with Crippen LogP contribution >= 0.6 is 11.8 Å². The summed E-state index contributed by atoms with van der Waals surface area (Å²) < 4.78 is 10.7. The summed E-state index contributed by atoms with van der Waals surface area (Å²) in [6.45, 7) is 5.02. The maximum atomic E-state index is 11.8. The molecule has 5 nitrogen and oxygen atoms in total. The molecule has 124 valence electrons. The number of nitrogens with zero attached hydrogens (tertiary/aromatic N) is 1.